The fraction of sp³-hybridized carbons (Fsp3) is 0.533. The molecule has 1 unspecified atom stereocenters. The highest BCUT2D eigenvalue weighted by atomic mass is 35.5. The second-order valence-corrected chi connectivity index (χ2v) is 5.49. The Hall–Kier alpha value is -1.10. The standard InChI is InChI=1S/C15H24ClN3O/c1-4-11(2)19(3)8-7-18-10-13-6-5-12(15(17)20)9-14(13)16/h5-6,9,11,18H,4,7-8,10H2,1-3H3,(H2,17,20). The number of nitrogens with zero attached hydrogens (tertiary/aromatic N) is 1. The zero-order valence-electron chi connectivity index (χ0n) is 12.4. The molecule has 112 valence electrons. The van der Waals surface area contributed by atoms with E-state index >= 15 is 0 Å². The molecule has 0 spiro atoms. The monoisotopic (exact) mass is 297 g/mol. The molecule has 0 radical (unpaired) electrons. The Morgan fingerprint density at radius 1 is 1.50 bits per heavy atom. The first kappa shape index (κ1) is 17.0. The summed E-state index contributed by atoms with van der Waals surface area (Å²) in [5.74, 6) is -0.457. The van der Waals surface area contributed by atoms with Gasteiger partial charge in [0.1, 0.15) is 0 Å². The molecule has 0 aromatic heterocycles. The number of carbonyl (C=O) groups is 1. The van der Waals surface area contributed by atoms with Gasteiger partial charge in [0.2, 0.25) is 5.91 Å². The van der Waals surface area contributed by atoms with Crippen LogP contribution in [0.2, 0.25) is 5.02 Å². The van der Waals surface area contributed by atoms with Gasteiger partial charge in [-0.05, 0) is 38.1 Å². The number of likely N-dealkylation sites (N-methyl/N-ethyl adjacent to an activating group) is 1. The van der Waals surface area contributed by atoms with Gasteiger partial charge in [0.15, 0.2) is 0 Å². The van der Waals surface area contributed by atoms with Crippen LogP contribution in [-0.2, 0) is 6.54 Å². The number of rotatable bonds is 8. The summed E-state index contributed by atoms with van der Waals surface area (Å²) in [4.78, 5) is 13.4. The topological polar surface area (TPSA) is 58.4 Å². The molecule has 0 heterocycles. The van der Waals surface area contributed by atoms with Crippen LogP contribution in [0.25, 0.3) is 0 Å². The average Bonchev–Trinajstić information content (AvgIpc) is 2.43. The Balaban J connectivity index is 2.41. The number of halogens is 1. The molecule has 0 aliphatic carbocycles. The van der Waals surface area contributed by atoms with Gasteiger partial charge in [-0.3, -0.25) is 4.79 Å². The number of hydrogen-bond donors (Lipinski definition) is 2. The van der Waals surface area contributed by atoms with Crippen LogP contribution in [0.15, 0.2) is 18.2 Å². The lowest BCUT2D eigenvalue weighted by atomic mass is 10.1. The Labute approximate surface area is 126 Å². The van der Waals surface area contributed by atoms with Crippen molar-refractivity contribution in [3.63, 3.8) is 0 Å². The summed E-state index contributed by atoms with van der Waals surface area (Å²) < 4.78 is 0. The van der Waals surface area contributed by atoms with Crippen molar-refractivity contribution in [2.45, 2.75) is 32.9 Å². The van der Waals surface area contributed by atoms with Gasteiger partial charge >= 0.3 is 0 Å². The van der Waals surface area contributed by atoms with Crippen molar-refractivity contribution in [2.75, 3.05) is 20.1 Å². The molecule has 4 nitrogen and oxygen atoms in total. The van der Waals surface area contributed by atoms with Crippen molar-refractivity contribution in [2.24, 2.45) is 5.73 Å². The summed E-state index contributed by atoms with van der Waals surface area (Å²) in [6.07, 6.45) is 1.15. The first-order valence-corrected chi connectivity index (χ1v) is 7.32. The fourth-order valence-electron chi connectivity index (χ4n) is 1.85. The largest absolute Gasteiger partial charge is 0.366 e. The summed E-state index contributed by atoms with van der Waals surface area (Å²) in [7, 11) is 2.13. The molecule has 0 bridgehead atoms. The number of nitrogens with one attached hydrogen (secondary N) is 1. The Bertz CT molecular complexity index is 451. The van der Waals surface area contributed by atoms with Crippen LogP contribution in [0.5, 0.6) is 0 Å². The highest BCUT2D eigenvalue weighted by Gasteiger charge is 2.07. The van der Waals surface area contributed by atoms with Crippen molar-refractivity contribution < 1.29 is 4.79 Å². The minimum Gasteiger partial charge on any atom is -0.366 e. The van der Waals surface area contributed by atoms with E-state index in [1.165, 1.54) is 0 Å². The van der Waals surface area contributed by atoms with Crippen LogP contribution < -0.4 is 11.1 Å². The molecular weight excluding hydrogens is 274 g/mol. The van der Waals surface area contributed by atoms with Crippen LogP contribution in [0.1, 0.15) is 36.2 Å². The summed E-state index contributed by atoms with van der Waals surface area (Å²) in [5, 5.41) is 3.93. The lowest BCUT2D eigenvalue weighted by Gasteiger charge is -2.23. The van der Waals surface area contributed by atoms with Gasteiger partial charge in [-0.15, -0.1) is 0 Å². The first-order valence-electron chi connectivity index (χ1n) is 6.94. The summed E-state index contributed by atoms with van der Waals surface area (Å²) >= 11 is 6.13. The van der Waals surface area contributed by atoms with Gasteiger partial charge in [-0.25, -0.2) is 0 Å². The smallest absolute Gasteiger partial charge is 0.248 e. The first-order chi connectivity index (χ1) is 9.45. The molecule has 0 aliphatic rings. The summed E-state index contributed by atoms with van der Waals surface area (Å²) in [6.45, 7) is 6.99. The number of primary amides is 1. The third-order valence-electron chi connectivity index (χ3n) is 3.64. The van der Waals surface area contributed by atoms with Gasteiger partial charge in [0.05, 0.1) is 0 Å². The highest BCUT2D eigenvalue weighted by Crippen LogP contribution is 2.17. The fourth-order valence-corrected chi connectivity index (χ4v) is 2.10. The predicted octanol–water partition coefficient (Wildman–Crippen LogP) is 2.26. The van der Waals surface area contributed by atoms with Gasteiger partial charge in [-0.2, -0.15) is 0 Å². The van der Waals surface area contributed by atoms with Crippen LogP contribution in [0.4, 0.5) is 0 Å². The van der Waals surface area contributed by atoms with Crippen molar-refractivity contribution in [3.05, 3.63) is 34.3 Å². The van der Waals surface area contributed by atoms with Crippen LogP contribution in [0, 0.1) is 0 Å². The van der Waals surface area contributed by atoms with Crippen molar-refractivity contribution in [1.82, 2.24) is 10.2 Å². The second kappa shape index (κ2) is 8.25. The molecule has 0 aliphatic heterocycles. The summed E-state index contributed by atoms with van der Waals surface area (Å²) in [6, 6.07) is 5.76. The van der Waals surface area contributed by atoms with Crippen LogP contribution in [0.3, 0.4) is 0 Å². The maximum absolute atomic E-state index is 11.0. The molecular formula is C15H24ClN3O. The van der Waals surface area contributed by atoms with E-state index in [1.54, 1.807) is 12.1 Å². The number of carbonyl (C=O) groups excluding carboxylic acids is 1. The minimum absolute atomic E-state index is 0.440. The van der Waals surface area contributed by atoms with Gasteiger partial charge in [-0.1, -0.05) is 24.6 Å². The molecule has 20 heavy (non-hydrogen) atoms. The molecule has 1 atom stereocenters. The van der Waals surface area contributed by atoms with Crippen molar-refractivity contribution in [3.8, 4) is 0 Å². The zero-order chi connectivity index (χ0) is 15.1. The number of amides is 1. The lowest BCUT2D eigenvalue weighted by Crippen LogP contribution is -2.34. The van der Waals surface area contributed by atoms with E-state index in [4.69, 9.17) is 17.3 Å². The Kier molecular flexibility index (Phi) is 6.99. The summed E-state index contributed by atoms with van der Waals surface area (Å²) in [5.41, 5.74) is 6.63. The highest BCUT2D eigenvalue weighted by molar-refractivity contribution is 6.31. The van der Waals surface area contributed by atoms with E-state index in [9.17, 15) is 4.79 Å². The maximum atomic E-state index is 11.0. The van der Waals surface area contributed by atoms with Gasteiger partial charge in [0, 0.05) is 36.3 Å². The molecule has 1 aromatic carbocycles. The van der Waals surface area contributed by atoms with Crippen molar-refractivity contribution in [1.29, 1.82) is 0 Å². The molecule has 1 amide bonds. The van der Waals surface area contributed by atoms with Gasteiger partial charge in [0.25, 0.3) is 0 Å². The van der Waals surface area contributed by atoms with E-state index in [0.717, 1.165) is 25.1 Å². The number of hydrogen-bond acceptors (Lipinski definition) is 3. The third-order valence-corrected chi connectivity index (χ3v) is 3.99. The number of nitrogens with two attached hydrogens (primary N) is 1. The van der Waals surface area contributed by atoms with E-state index in [1.807, 2.05) is 6.07 Å². The Morgan fingerprint density at radius 2 is 2.20 bits per heavy atom. The predicted molar refractivity (Wildman–Crippen MR) is 84.1 cm³/mol. The van der Waals surface area contributed by atoms with Crippen molar-refractivity contribution >= 4 is 17.5 Å². The molecule has 0 fully saturated rings. The SMILES string of the molecule is CCC(C)N(C)CCNCc1ccc(C(N)=O)cc1Cl. The van der Waals surface area contributed by atoms with E-state index < -0.39 is 5.91 Å². The molecule has 1 aromatic rings. The van der Waals surface area contributed by atoms with E-state index in [-0.39, 0.29) is 0 Å². The molecule has 5 heteroatoms. The Morgan fingerprint density at radius 3 is 2.75 bits per heavy atom. The van der Waals surface area contributed by atoms with Gasteiger partial charge < -0.3 is 16.0 Å². The third kappa shape index (κ3) is 5.12. The number of benzene rings is 1. The lowest BCUT2D eigenvalue weighted by molar-refractivity contribution is 0.100. The molecule has 0 saturated carbocycles. The molecule has 0 saturated heterocycles. The minimum atomic E-state index is -0.457. The quantitative estimate of drug-likeness (QED) is 0.724. The molecule has 1 rings (SSSR count). The normalized spacial score (nSPS) is 12.7. The molecule has 3 N–H and O–H groups in total. The zero-order valence-corrected chi connectivity index (χ0v) is 13.2. The van der Waals surface area contributed by atoms with Crippen LogP contribution >= 0.6 is 11.6 Å². The van der Waals surface area contributed by atoms with Crippen LogP contribution in [-0.4, -0.2) is 37.0 Å². The van der Waals surface area contributed by atoms with E-state index in [0.29, 0.717) is 23.2 Å². The second-order valence-electron chi connectivity index (χ2n) is 5.09. The maximum Gasteiger partial charge on any atom is 0.248 e. The van der Waals surface area contributed by atoms with E-state index in [2.05, 4.69) is 31.1 Å². The average molecular weight is 298 g/mol.